The summed E-state index contributed by atoms with van der Waals surface area (Å²) in [6.07, 6.45) is 0. The molecule has 0 saturated carbocycles. The van der Waals surface area contributed by atoms with Crippen LogP contribution in [0.5, 0.6) is 5.75 Å². The molecular weight excluding hydrogens is 308 g/mol. The van der Waals surface area contributed by atoms with E-state index in [1.165, 1.54) is 46.2 Å². The highest BCUT2D eigenvalue weighted by molar-refractivity contribution is 7.16. The number of hydrogen-bond donors (Lipinski definition) is 0. The maximum absolute atomic E-state index is 11.8. The van der Waals surface area contributed by atoms with Crippen molar-refractivity contribution in [3.8, 4) is 5.75 Å². The first-order valence-corrected chi connectivity index (χ1v) is 7.08. The van der Waals surface area contributed by atoms with E-state index in [2.05, 4.69) is 10.1 Å². The summed E-state index contributed by atoms with van der Waals surface area (Å²) in [7, 11) is 0. The summed E-state index contributed by atoms with van der Waals surface area (Å²) in [5.41, 5.74) is 0.399. The van der Waals surface area contributed by atoms with Gasteiger partial charge in [0.15, 0.2) is 5.01 Å². The summed E-state index contributed by atoms with van der Waals surface area (Å²) in [6.45, 7) is 1.90. The van der Waals surface area contributed by atoms with Gasteiger partial charge in [-0.2, -0.15) is 9.61 Å². The van der Waals surface area contributed by atoms with Crippen LogP contribution in [-0.2, 0) is 6.61 Å². The minimum atomic E-state index is -0.474. The molecule has 22 heavy (non-hydrogen) atoms. The second-order valence-electron chi connectivity index (χ2n) is 4.47. The molecule has 0 saturated heterocycles. The van der Waals surface area contributed by atoms with Crippen molar-refractivity contribution < 1.29 is 9.66 Å². The maximum Gasteiger partial charge on any atom is 0.275 e. The first-order valence-electron chi connectivity index (χ1n) is 6.26. The van der Waals surface area contributed by atoms with E-state index in [0.29, 0.717) is 21.4 Å². The van der Waals surface area contributed by atoms with Gasteiger partial charge in [-0.15, -0.1) is 0 Å². The summed E-state index contributed by atoms with van der Waals surface area (Å²) in [4.78, 5) is 26.6. The third kappa shape index (κ3) is 2.79. The maximum atomic E-state index is 11.8. The molecule has 1 aromatic carbocycles. The van der Waals surface area contributed by atoms with Gasteiger partial charge in [0.2, 0.25) is 4.96 Å². The number of fused-ring (bicyclic) bond motifs is 1. The Morgan fingerprint density at radius 1 is 1.36 bits per heavy atom. The average Bonchev–Trinajstić information content (AvgIpc) is 2.89. The van der Waals surface area contributed by atoms with Crippen molar-refractivity contribution in [3.63, 3.8) is 0 Å². The zero-order valence-electron chi connectivity index (χ0n) is 11.4. The molecule has 0 aliphatic heterocycles. The molecule has 112 valence electrons. The first kappa shape index (κ1) is 14.1. The van der Waals surface area contributed by atoms with Crippen LogP contribution in [0.3, 0.4) is 0 Å². The van der Waals surface area contributed by atoms with Crippen LogP contribution in [0.2, 0.25) is 0 Å². The first-order chi connectivity index (χ1) is 10.5. The number of hydrogen-bond acceptors (Lipinski definition) is 7. The molecule has 0 aliphatic carbocycles. The van der Waals surface area contributed by atoms with E-state index in [4.69, 9.17) is 4.74 Å². The topological polar surface area (TPSA) is 99.6 Å². The molecule has 3 aromatic rings. The summed E-state index contributed by atoms with van der Waals surface area (Å²) >= 11 is 1.26. The Morgan fingerprint density at radius 3 is 2.77 bits per heavy atom. The number of nitro benzene ring substituents is 1. The quantitative estimate of drug-likeness (QED) is 0.538. The summed E-state index contributed by atoms with van der Waals surface area (Å²) in [6, 6.07) is 7.17. The SMILES string of the molecule is Cc1cc(=O)n2nc(COc3ccc([N+](=O)[O-])cc3)sc2n1. The van der Waals surface area contributed by atoms with Crippen molar-refractivity contribution in [2.75, 3.05) is 0 Å². The lowest BCUT2D eigenvalue weighted by atomic mass is 10.3. The van der Waals surface area contributed by atoms with Crippen molar-refractivity contribution in [3.05, 3.63) is 61.5 Å². The zero-order chi connectivity index (χ0) is 15.7. The normalized spacial score (nSPS) is 10.8. The van der Waals surface area contributed by atoms with Crippen molar-refractivity contribution in [2.24, 2.45) is 0 Å². The standard InChI is InChI=1S/C13H10N4O4S/c1-8-6-12(18)16-13(14-8)22-11(15-16)7-21-10-4-2-9(3-5-10)17(19)20/h2-6H,7H2,1H3. The molecule has 2 aromatic heterocycles. The van der Waals surface area contributed by atoms with Crippen LogP contribution in [0.1, 0.15) is 10.7 Å². The molecule has 3 rings (SSSR count). The number of ether oxygens (including phenoxy) is 1. The van der Waals surface area contributed by atoms with Crippen LogP contribution in [0.25, 0.3) is 4.96 Å². The van der Waals surface area contributed by atoms with Crippen molar-refractivity contribution >= 4 is 22.0 Å². The fourth-order valence-corrected chi connectivity index (χ4v) is 2.69. The van der Waals surface area contributed by atoms with Crippen LogP contribution in [-0.4, -0.2) is 19.5 Å². The Morgan fingerprint density at radius 2 is 2.09 bits per heavy atom. The van der Waals surface area contributed by atoms with Gasteiger partial charge in [0.05, 0.1) is 4.92 Å². The fourth-order valence-electron chi connectivity index (χ4n) is 1.83. The van der Waals surface area contributed by atoms with Gasteiger partial charge in [-0.25, -0.2) is 4.98 Å². The lowest BCUT2D eigenvalue weighted by Crippen LogP contribution is -2.14. The van der Waals surface area contributed by atoms with Crippen molar-refractivity contribution in [2.45, 2.75) is 13.5 Å². The minimum Gasteiger partial charge on any atom is -0.486 e. The van der Waals surface area contributed by atoms with Crippen LogP contribution in [0, 0.1) is 17.0 Å². The monoisotopic (exact) mass is 318 g/mol. The van der Waals surface area contributed by atoms with Crippen LogP contribution in [0.15, 0.2) is 35.1 Å². The van der Waals surface area contributed by atoms with Gasteiger partial charge in [-0.3, -0.25) is 14.9 Å². The summed E-state index contributed by atoms with van der Waals surface area (Å²) in [5.74, 6) is 0.487. The lowest BCUT2D eigenvalue weighted by molar-refractivity contribution is -0.384. The molecule has 0 aliphatic rings. The number of aryl methyl sites for hydroxylation is 1. The van der Waals surface area contributed by atoms with Crippen molar-refractivity contribution in [1.82, 2.24) is 14.6 Å². The zero-order valence-corrected chi connectivity index (χ0v) is 12.2. The molecule has 0 bridgehead atoms. The van der Waals surface area contributed by atoms with Crippen LogP contribution < -0.4 is 10.3 Å². The lowest BCUT2D eigenvalue weighted by Gasteiger charge is -2.02. The highest BCUT2D eigenvalue weighted by Crippen LogP contribution is 2.19. The van der Waals surface area contributed by atoms with E-state index in [1.54, 1.807) is 6.92 Å². The van der Waals surface area contributed by atoms with Gasteiger partial charge in [0.1, 0.15) is 12.4 Å². The molecule has 0 radical (unpaired) electrons. The Hall–Kier alpha value is -2.81. The van der Waals surface area contributed by atoms with Gasteiger partial charge in [0.25, 0.3) is 11.2 Å². The molecule has 0 fully saturated rings. The predicted molar refractivity (Wildman–Crippen MR) is 79.3 cm³/mol. The molecule has 8 nitrogen and oxygen atoms in total. The molecule has 0 amide bonds. The Kier molecular flexibility index (Phi) is 3.55. The third-order valence-corrected chi connectivity index (χ3v) is 3.71. The van der Waals surface area contributed by atoms with Gasteiger partial charge in [-0.05, 0) is 19.1 Å². The second kappa shape index (κ2) is 5.53. The van der Waals surface area contributed by atoms with Crippen molar-refractivity contribution in [1.29, 1.82) is 0 Å². The average molecular weight is 318 g/mol. The molecule has 0 unspecified atom stereocenters. The van der Waals surface area contributed by atoms with Gasteiger partial charge in [0, 0.05) is 23.9 Å². The highest BCUT2D eigenvalue weighted by atomic mass is 32.1. The molecule has 2 heterocycles. The highest BCUT2D eigenvalue weighted by Gasteiger charge is 2.09. The fraction of sp³-hybridized carbons (Fsp3) is 0.154. The van der Waals surface area contributed by atoms with Crippen LogP contribution in [0.4, 0.5) is 5.69 Å². The predicted octanol–water partition coefficient (Wildman–Crippen LogP) is 1.95. The Bertz CT molecular complexity index is 901. The van der Waals surface area contributed by atoms with Crippen LogP contribution >= 0.6 is 11.3 Å². The van der Waals surface area contributed by atoms with Gasteiger partial charge >= 0.3 is 0 Å². The Labute approximate surface area is 127 Å². The molecule has 0 atom stereocenters. The Balaban J connectivity index is 1.77. The summed E-state index contributed by atoms with van der Waals surface area (Å²) in [5, 5.41) is 15.3. The molecule has 0 N–H and O–H groups in total. The number of aromatic nitrogens is 3. The number of rotatable bonds is 4. The van der Waals surface area contributed by atoms with E-state index >= 15 is 0 Å². The largest absolute Gasteiger partial charge is 0.486 e. The number of nitrogens with zero attached hydrogens (tertiary/aromatic N) is 4. The van der Waals surface area contributed by atoms with Gasteiger partial charge in [-0.1, -0.05) is 11.3 Å². The number of nitro groups is 1. The number of benzene rings is 1. The van der Waals surface area contributed by atoms with Gasteiger partial charge < -0.3 is 4.74 Å². The molecule has 0 spiro atoms. The third-order valence-electron chi connectivity index (χ3n) is 2.82. The number of non-ortho nitro benzene ring substituents is 1. The van der Waals surface area contributed by atoms with E-state index < -0.39 is 4.92 Å². The molecule has 9 heteroatoms. The minimum absolute atomic E-state index is 0.00133. The van der Waals surface area contributed by atoms with E-state index in [9.17, 15) is 14.9 Å². The van der Waals surface area contributed by atoms with E-state index in [1.807, 2.05) is 0 Å². The van der Waals surface area contributed by atoms with E-state index in [0.717, 1.165) is 0 Å². The van der Waals surface area contributed by atoms with E-state index in [-0.39, 0.29) is 17.9 Å². The molecular formula is C13H10N4O4S. The second-order valence-corrected chi connectivity index (χ2v) is 5.51. The summed E-state index contributed by atoms with van der Waals surface area (Å²) < 4.78 is 6.74. The smallest absolute Gasteiger partial charge is 0.275 e.